The van der Waals surface area contributed by atoms with Crippen molar-refractivity contribution in [2.45, 2.75) is 46.0 Å². The predicted molar refractivity (Wildman–Crippen MR) is 119 cm³/mol. The van der Waals surface area contributed by atoms with E-state index < -0.39 is 0 Å². The van der Waals surface area contributed by atoms with Gasteiger partial charge >= 0.3 is 0 Å². The van der Waals surface area contributed by atoms with E-state index in [0.717, 1.165) is 35.1 Å². The van der Waals surface area contributed by atoms with Gasteiger partial charge in [-0.3, -0.25) is 0 Å². The maximum Gasteiger partial charge on any atom is 0.115 e. The van der Waals surface area contributed by atoms with Crippen molar-refractivity contribution in [1.82, 2.24) is 9.97 Å². The highest BCUT2D eigenvalue weighted by molar-refractivity contribution is 5.51. The van der Waals surface area contributed by atoms with Crippen molar-refractivity contribution in [1.29, 1.82) is 0 Å². The van der Waals surface area contributed by atoms with Gasteiger partial charge in [0, 0.05) is 29.1 Å². The summed E-state index contributed by atoms with van der Waals surface area (Å²) in [5, 5.41) is 0. The third kappa shape index (κ3) is 6.34. The number of aryl methyl sites for hydroxylation is 2. The van der Waals surface area contributed by atoms with Gasteiger partial charge < -0.3 is 0 Å². The molecule has 0 aliphatic heterocycles. The highest BCUT2D eigenvalue weighted by atomic mass is 14.8. The molecule has 0 amide bonds. The van der Waals surface area contributed by atoms with Crippen molar-refractivity contribution in [2.24, 2.45) is 0 Å². The average molecular weight is 379 g/mol. The fraction of sp³-hybridized carbons (Fsp3) is 0.259. The van der Waals surface area contributed by atoms with E-state index in [9.17, 15) is 0 Å². The molecule has 0 aliphatic rings. The van der Waals surface area contributed by atoms with Crippen molar-refractivity contribution >= 4 is 0 Å². The molecule has 2 heteroatoms. The van der Waals surface area contributed by atoms with Crippen LogP contribution in [-0.4, -0.2) is 9.97 Å². The number of unbranched alkanes of at least 4 members (excludes halogenated alkanes) is 2. The van der Waals surface area contributed by atoms with Crippen molar-refractivity contribution in [3.8, 4) is 23.7 Å². The van der Waals surface area contributed by atoms with Crippen LogP contribution in [0.1, 0.15) is 66.5 Å². The molecule has 0 aliphatic carbocycles. The zero-order valence-corrected chi connectivity index (χ0v) is 17.2. The van der Waals surface area contributed by atoms with E-state index in [0.29, 0.717) is 0 Å². The third-order valence-electron chi connectivity index (χ3n) is 4.76. The molecular formula is C27H26N2. The molecule has 0 spiro atoms. The average Bonchev–Trinajstić information content (AvgIpc) is 2.78. The van der Waals surface area contributed by atoms with Gasteiger partial charge in [0.1, 0.15) is 6.33 Å². The summed E-state index contributed by atoms with van der Waals surface area (Å²) in [6.45, 7) is 4.38. The van der Waals surface area contributed by atoms with Gasteiger partial charge in [-0.05, 0) is 60.7 Å². The number of benzene rings is 2. The Morgan fingerprint density at radius 3 is 2.14 bits per heavy atom. The van der Waals surface area contributed by atoms with Crippen LogP contribution in [0.25, 0.3) is 0 Å². The molecule has 1 aromatic heterocycles. The first-order chi connectivity index (χ1) is 14.3. The van der Waals surface area contributed by atoms with E-state index in [1.54, 1.807) is 12.4 Å². The minimum atomic E-state index is 0.816. The zero-order valence-electron chi connectivity index (χ0n) is 17.2. The summed E-state index contributed by atoms with van der Waals surface area (Å²) in [6.07, 6.45) is 10.8. The van der Waals surface area contributed by atoms with Crippen LogP contribution in [0.3, 0.4) is 0 Å². The van der Waals surface area contributed by atoms with E-state index in [-0.39, 0.29) is 0 Å². The maximum atomic E-state index is 4.00. The standard InChI is InChI=1S/C27H26N2/c1-3-5-6-7-22-8-10-23(11-9-22)12-13-24-14-16-27(26(4-2)18-24)17-15-25-19-28-21-29-20-25/h8-11,14,16,18-21H,3-7H2,1-2H3. The predicted octanol–water partition coefficient (Wildman–Crippen LogP) is 5.57. The first-order valence-corrected chi connectivity index (χ1v) is 10.3. The van der Waals surface area contributed by atoms with Crippen LogP contribution in [0.2, 0.25) is 0 Å². The molecule has 0 N–H and O–H groups in total. The lowest BCUT2D eigenvalue weighted by molar-refractivity contribution is 0.717. The Kier molecular flexibility index (Phi) is 7.62. The summed E-state index contributed by atoms with van der Waals surface area (Å²) in [6, 6.07) is 14.9. The monoisotopic (exact) mass is 378 g/mol. The molecule has 0 saturated carbocycles. The smallest absolute Gasteiger partial charge is 0.115 e. The SMILES string of the molecule is CCCCCc1ccc(C#Cc2ccc(C#Cc3cncnc3)c(CC)c2)cc1. The Morgan fingerprint density at radius 1 is 0.724 bits per heavy atom. The maximum absolute atomic E-state index is 4.00. The minimum Gasteiger partial charge on any atom is -0.244 e. The molecule has 29 heavy (non-hydrogen) atoms. The molecule has 0 bridgehead atoms. The largest absolute Gasteiger partial charge is 0.244 e. The van der Waals surface area contributed by atoms with E-state index in [1.807, 2.05) is 6.07 Å². The number of nitrogens with zero attached hydrogens (tertiary/aromatic N) is 2. The van der Waals surface area contributed by atoms with Crippen LogP contribution in [0, 0.1) is 23.7 Å². The van der Waals surface area contributed by atoms with Crippen LogP contribution in [0.15, 0.2) is 61.2 Å². The Hall–Kier alpha value is -3.36. The zero-order chi connectivity index (χ0) is 20.3. The molecule has 0 atom stereocenters. The van der Waals surface area contributed by atoms with Crippen LogP contribution < -0.4 is 0 Å². The molecule has 0 saturated heterocycles. The van der Waals surface area contributed by atoms with Gasteiger partial charge in [-0.1, -0.05) is 62.5 Å². The second-order valence-corrected chi connectivity index (χ2v) is 7.01. The summed E-state index contributed by atoms with van der Waals surface area (Å²) < 4.78 is 0. The van der Waals surface area contributed by atoms with Crippen molar-refractivity contribution < 1.29 is 0 Å². The topological polar surface area (TPSA) is 25.8 Å². The highest BCUT2D eigenvalue weighted by Crippen LogP contribution is 2.13. The number of aromatic nitrogens is 2. The number of hydrogen-bond acceptors (Lipinski definition) is 2. The Labute approximate surface area is 174 Å². The summed E-state index contributed by atoms with van der Waals surface area (Å²) >= 11 is 0. The van der Waals surface area contributed by atoms with Gasteiger partial charge in [0.05, 0.1) is 5.56 Å². The molecule has 0 fully saturated rings. The Bertz CT molecular complexity index is 1040. The lowest BCUT2D eigenvalue weighted by Gasteiger charge is -2.02. The van der Waals surface area contributed by atoms with Gasteiger partial charge in [0.2, 0.25) is 0 Å². The fourth-order valence-corrected chi connectivity index (χ4v) is 3.07. The summed E-state index contributed by atoms with van der Waals surface area (Å²) in [4.78, 5) is 8.00. The molecule has 3 aromatic rings. The molecule has 2 aromatic carbocycles. The molecule has 0 unspecified atom stereocenters. The van der Waals surface area contributed by atoms with Gasteiger partial charge in [-0.2, -0.15) is 0 Å². The summed E-state index contributed by atoms with van der Waals surface area (Å²) in [7, 11) is 0. The second kappa shape index (κ2) is 10.8. The Balaban J connectivity index is 1.72. The van der Waals surface area contributed by atoms with E-state index in [2.05, 4.69) is 83.9 Å². The quantitative estimate of drug-likeness (QED) is 0.428. The van der Waals surface area contributed by atoms with Gasteiger partial charge in [-0.15, -0.1) is 0 Å². The molecule has 2 nitrogen and oxygen atoms in total. The van der Waals surface area contributed by atoms with E-state index in [1.165, 1.54) is 36.7 Å². The summed E-state index contributed by atoms with van der Waals surface area (Å²) in [5.41, 5.74) is 6.50. The molecular weight excluding hydrogens is 352 g/mol. The van der Waals surface area contributed by atoms with Crippen LogP contribution in [0.5, 0.6) is 0 Å². The van der Waals surface area contributed by atoms with Gasteiger partial charge in [-0.25, -0.2) is 9.97 Å². The van der Waals surface area contributed by atoms with Gasteiger partial charge in [0.15, 0.2) is 0 Å². The van der Waals surface area contributed by atoms with Crippen LogP contribution in [-0.2, 0) is 12.8 Å². The lowest BCUT2D eigenvalue weighted by atomic mass is 10.0. The normalized spacial score (nSPS) is 9.86. The first kappa shape index (κ1) is 20.4. The van der Waals surface area contributed by atoms with E-state index in [4.69, 9.17) is 0 Å². The van der Waals surface area contributed by atoms with E-state index >= 15 is 0 Å². The van der Waals surface area contributed by atoms with Crippen molar-refractivity contribution in [3.63, 3.8) is 0 Å². The third-order valence-corrected chi connectivity index (χ3v) is 4.76. The molecule has 1 heterocycles. The molecule has 0 radical (unpaired) electrons. The Morgan fingerprint density at radius 2 is 1.41 bits per heavy atom. The second-order valence-electron chi connectivity index (χ2n) is 7.01. The van der Waals surface area contributed by atoms with Gasteiger partial charge in [0.25, 0.3) is 0 Å². The first-order valence-electron chi connectivity index (χ1n) is 10.3. The fourth-order valence-electron chi connectivity index (χ4n) is 3.07. The van der Waals surface area contributed by atoms with Crippen LogP contribution >= 0.6 is 0 Å². The number of rotatable bonds is 5. The number of hydrogen-bond donors (Lipinski definition) is 0. The minimum absolute atomic E-state index is 0.816. The summed E-state index contributed by atoms with van der Waals surface area (Å²) in [5.74, 6) is 12.9. The van der Waals surface area contributed by atoms with Crippen molar-refractivity contribution in [2.75, 3.05) is 0 Å². The highest BCUT2D eigenvalue weighted by Gasteiger charge is 2.00. The van der Waals surface area contributed by atoms with Crippen LogP contribution in [0.4, 0.5) is 0 Å². The molecule has 144 valence electrons. The molecule has 3 rings (SSSR count). The lowest BCUT2D eigenvalue weighted by Crippen LogP contribution is -1.90. The van der Waals surface area contributed by atoms with Crippen molar-refractivity contribution in [3.05, 3.63) is 94.6 Å².